The predicted molar refractivity (Wildman–Crippen MR) is 47.1 cm³/mol. The molecule has 3 unspecified atom stereocenters. The molecule has 3 atom stereocenters. The van der Waals surface area contributed by atoms with Crippen molar-refractivity contribution in [2.24, 2.45) is 11.0 Å². The number of nitrogens with one attached hydrogen (secondary N) is 1. The van der Waals surface area contributed by atoms with E-state index in [9.17, 15) is 0 Å². The molecule has 3 heteroatoms. The summed E-state index contributed by atoms with van der Waals surface area (Å²) < 4.78 is 0. The molecule has 2 rings (SSSR count). The lowest BCUT2D eigenvalue weighted by Gasteiger charge is -2.29. The van der Waals surface area contributed by atoms with Gasteiger partial charge in [0.2, 0.25) is 0 Å². The van der Waals surface area contributed by atoms with Gasteiger partial charge in [0.15, 0.2) is 0 Å². The molecular weight excluding hydrogens is 150 g/mol. The molecule has 2 aliphatic rings. The van der Waals surface area contributed by atoms with Gasteiger partial charge in [0.05, 0.1) is 0 Å². The third-order valence-electron chi connectivity index (χ3n) is 3.52. The van der Waals surface area contributed by atoms with Crippen molar-refractivity contribution in [3.63, 3.8) is 0 Å². The van der Waals surface area contributed by atoms with Crippen molar-refractivity contribution in [1.29, 1.82) is 5.53 Å². The molecule has 1 saturated carbocycles. The van der Waals surface area contributed by atoms with Crippen molar-refractivity contribution in [1.82, 2.24) is 4.90 Å². The number of hydrogen-bond acceptors (Lipinski definition) is 3. The molecule has 3 nitrogen and oxygen atoms in total. The van der Waals surface area contributed by atoms with Crippen molar-refractivity contribution in [3.8, 4) is 0 Å². The molecular formula is C9H17N3. The van der Waals surface area contributed by atoms with Gasteiger partial charge in [0.25, 0.3) is 0 Å². The topological polar surface area (TPSA) is 39.5 Å². The molecule has 1 saturated heterocycles. The predicted octanol–water partition coefficient (Wildman–Crippen LogP) is 2.24. The highest BCUT2D eigenvalue weighted by Gasteiger charge is 2.39. The lowest BCUT2D eigenvalue weighted by Crippen LogP contribution is -2.34. The first-order valence-corrected chi connectivity index (χ1v) is 4.91. The fourth-order valence-corrected chi connectivity index (χ4v) is 2.80. The maximum Gasteiger partial charge on any atom is 0.123 e. The van der Waals surface area contributed by atoms with Crippen molar-refractivity contribution in [2.45, 2.75) is 44.3 Å². The Bertz CT molecular complexity index is 181. The summed E-state index contributed by atoms with van der Waals surface area (Å²) in [7, 11) is 2.12. The van der Waals surface area contributed by atoms with Crippen molar-refractivity contribution in [3.05, 3.63) is 0 Å². The average molecular weight is 167 g/mol. The van der Waals surface area contributed by atoms with Gasteiger partial charge in [-0.2, -0.15) is 5.11 Å². The highest BCUT2D eigenvalue weighted by atomic mass is 15.3. The van der Waals surface area contributed by atoms with Crippen molar-refractivity contribution < 1.29 is 0 Å². The Balaban J connectivity index is 2.07. The first kappa shape index (κ1) is 8.17. The van der Waals surface area contributed by atoms with Crippen LogP contribution in [0.1, 0.15) is 32.1 Å². The Hall–Kier alpha value is -0.440. The van der Waals surface area contributed by atoms with Crippen LogP contribution in [-0.4, -0.2) is 24.2 Å². The number of likely N-dealkylation sites (tertiary alicyclic amines) is 1. The maximum absolute atomic E-state index is 7.06. The monoisotopic (exact) mass is 167 g/mol. The van der Waals surface area contributed by atoms with Crippen LogP contribution in [0.2, 0.25) is 0 Å². The van der Waals surface area contributed by atoms with Gasteiger partial charge in [0.1, 0.15) is 6.17 Å². The van der Waals surface area contributed by atoms with Gasteiger partial charge in [0, 0.05) is 6.04 Å². The molecule has 1 aliphatic heterocycles. The maximum atomic E-state index is 7.06. The van der Waals surface area contributed by atoms with E-state index < -0.39 is 0 Å². The van der Waals surface area contributed by atoms with Crippen LogP contribution >= 0.6 is 0 Å². The van der Waals surface area contributed by atoms with Gasteiger partial charge in [-0.05, 0) is 32.2 Å². The summed E-state index contributed by atoms with van der Waals surface area (Å²) in [6, 6.07) is 0.734. The second-order valence-electron chi connectivity index (χ2n) is 4.12. The van der Waals surface area contributed by atoms with E-state index in [4.69, 9.17) is 5.53 Å². The summed E-state index contributed by atoms with van der Waals surface area (Å²) in [5, 5.41) is 3.67. The molecule has 0 aromatic carbocycles. The van der Waals surface area contributed by atoms with E-state index in [2.05, 4.69) is 17.1 Å². The second-order valence-corrected chi connectivity index (χ2v) is 4.12. The van der Waals surface area contributed by atoms with E-state index in [1.165, 1.54) is 25.7 Å². The van der Waals surface area contributed by atoms with Crippen LogP contribution in [-0.2, 0) is 0 Å². The van der Waals surface area contributed by atoms with Gasteiger partial charge >= 0.3 is 0 Å². The lowest BCUT2D eigenvalue weighted by atomic mass is 9.85. The number of fused-ring (bicyclic) bond motifs is 1. The van der Waals surface area contributed by atoms with Crippen LogP contribution in [0.25, 0.3) is 0 Å². The molecule has 1 N–H and O–H groups in total. The molecule has 1 heterocycles. The summed E-state index contributed by atoms with van der Waals surface area (Å²) in [5.41, 5.74) is 7.06. The third-order valence-corrected chi connectivity index (χ3v) is 3.52. The summed E-state index contributed by atoms with van der Waals surface area (Å²) >= 11 is 0. The Morgan fingerprint density at radius 1 is 1.33 bits per heavy atom. The van der Waals surface area contributed by atoms with Gasteiger partial charge in [-0.15, -0.1) is 0 Å². The zero-order chi connectivity index (χ0) is 8.55. The second kappa shape index (κ2) is 3.13. The zero-order valence-corrected chi connectivity index (χ0v) is 7.66. The van der Waals surface area contributed by atoms with E-state index in [1.807, 2.05) is 0 Å². The van der Waals surface area contributed by atoms with Crippen LogP contribution in [0.15, 0.2) is 5.11 Å². The zero-order valence-electron chi connectivity index (χ0n) is 7.66. The SMILES string of the molecule is CN1C(N=N)CC2CCCCC21. The smallest absolute Gasteiger partial charge is 0.123 e. The normalized spacial score (nSPS) is 42.6. The summed E-state index contributed by atoms with van der Waals surface area (Å²) in [5.74, 6) is 0.836. The number of rotatable bonds is 1. The molecule has 0 radical (unpaired) electrons. The van der Waals surface area contributed by atoms with Gasteiger partial charge < -0.3 is 0 Å². The summed E-state index contributed by atoms with van der Waals surface area (Å²) in [6.07, 6.45) is 6.77. The largest absolute Gasteiger partial charge is 0.280 e. The molecule has 1 aliphatic carbocycles. The van der Waals surface area contributed by atoms with Crippen LogP contribution < -0.4 is 0 Å². The minimum absolute atomic E-state index is 0.193. The number of nitrogens with zero attached hydrogens (tertiary/aromatic N) is 2. The first-order valence-electron chi connectivity index (χ1n) is 4.91. The van der Waals surface area contributed by atoms with Crippen LogP contribution in [0.4, 0.5) is 0 Å². The van der Waals surface area contributed by atoms with Gasteiger partial charge in [-0.3, -0.25) is 4.90 Å². The molecule has 0 aromatic heterocycles. The van der Waals surface area contributed by atoms with Crippen molar-refractivity contribution in [2.75, 3.05) is 7.05 Å². The van der Waals surface area contributed by atoms with Crippen LogP contribution in [0.3, 0.4) is 0 Å². The van der Waals surface area contributed by atoms with E-state index in [1.54, 1.807) is 0 Å². The Labute approximate surface area is 73.6 Å². The van der Waals surface area contributed by atoms with Crippen LogP contribution in [0.5, 0.6) is 0 Å². The van der Waals surface area contributed by atoms with Crippen LogP contribution in [0, 0.1) is 11.4 Å². The van der Waals surface area contributed by atoms with E-state index in [0.717, 1.165) is 18.4 Å². The van der Waals surface area contributed by atoms with Gasteiger partial charge in [-0.25, -0.2) is 5.53 Å². The fraction of sp³-hybridized carbons (Fsp3) is 1.00. The molecule has 2 fully saturated rings. The minimum atomic E-state index is 0.193. The van der Waals surface area contributed by atoms with Gasteiger partial charge in [-0.1, -0.05) is 12.8 Å². The lowest BCUT2D eigenvalue weighted by molar-refractivity contribution is 0.185. The van der Waals surface area contributed by atoms with E-state index in [0.29, 0.717) is 0 Å². The van der Waals surface area contributed by atoms with E-state index >= 15 is 0 Å². The number of hydrogen-bond donors (Lipinski definition) is 1. The highest BCUT2D eigenvalue weighted by molar-refractivity contribution is 4.92. The molecule has 0 bridgehead atoms. The summed E-state index contributed by atoms with van der Waals surface area (Å²) in [6.45, 7) is 0. The standard InChI is InChI=1S/C9H17N3/c1-12-8-5-3-2-4-7(8)6-9(12)11-10/h7-10H,2-6H2,1H3. The summed E-state index contributed by atoms with van der Waals surface area (Å²) in [4.78, 5) is 2.30. The minimum Gasteiger partial charge on any atom is -0.280 e. The Morgan fingerprint density at radius 2 is 2.08 bits per heavy atom. The quantitative estimate of drug-likeness (QED) is 0.598. The molecule has 68 valence electrons. The molecule has 0 aromatic rings. The highest BCUT2D eigenvalue weighted by Crippen LogP contribution is 2.38. The average Bonchev–Trinajstić information content (AvgIpc) is 2.44. The van der Waals surface area contributed by atoms with E-state index in [-0.39, 0.29) is 6.17 Å². The first-order chi connectivity index (χ1) is 5.83. The Morgan fingerprint density at radius 3 is 2.75 bits per heavy atom. The third kappa shape index (κ3) is 1.16. The molecule has 12 heavy (non-hydrogen) atoms. The van der Waals surface area contributed by atoms with Crippen molar-refractivity contribution >= 4 is 0 Å². The Kier molecular flexibility index (Phi) is 2.13. The molecule has 0 amide bonds. The molecule has 0 spiro atoms. The fourth-order valence-electron chi connectivity index (χ4n) is 2.80.